The average molecular weight is 473 g/mol. The topological polar surface area (TPSA) is 120 Å². The predicted octanol–water partition coefficient (Wildman–Crippen LogP) is 2.26. The zero-order valence-corrected chi connectivity index (χ0v) is 18.1. The van der Waals surface area contributed by atoms with Gasteiger partial charge in [0.2, 0.25) is 5.91 Å². The predicted molar refractivity (Wildman–Crippen MR) is 119 cm³/mol. The highest BCUT2D eigenvalue weighted by Crippen LogP contribution is 2.28. The first-order valence-corrected chi connectivity index (χ1v) is 10.8. The first-order chi connectivity index (χ1) is 14.5. The second-order valence-electron chi connectivity index (χ2n) is 7.69. The molecule has 1 aliphatic rings. The van der Waals surface area contributed by atoms with Crippen LogP contribution >= 0.6 is 15.9 Å². The van der Waals surface area contributed by atoms with E-state index < -0.39 is 11.6 Å². The fraction of sp³-hybridized carbons (Fsp3) is 0.381. The number of aromatic amines is 1. The number of aromatic nitrogens is 3. The van der Waals surface area contributed by atoms with E-state index in [1.54, 1.807) is 6.33 Å². The smallest absolute Gasteiger partial charge is 0.240 e. The number of aliphatic hydroxyl groups is 1. The van der Waals surface area contributed by atoms with E-state index in [1.807, 2.05) is 36.5 Å². The van der Waals surface area contributed by atoms with Crippen LogP contribution in [0.3, 0.4) is 0 Å². The second-order valence-corrected chi connectivity index (χ2v) is 8.61. The Kier molecular flexibility index (Phi) is 6.03. The van der Waals surface area contributed by atoms with E-state index in [9.17, 15) is 9.90 Å². The summed E-state index contributed by atoms with van der Waals surface area (Å²) in [5.41, 5.74) is 7.14. The maximum atomic E-state index is 12.7. The van der Waals surface area contributed by atoms with Crippen LogP contribution in [0, 0.1) is 0 Å². The number of rotatable bonds is 6. The first-order valence-electron chi connectivity index (χ1n) is 10.00. The summed E-state index contributed by atoms with van der Waals surface area (Å²) in [6.07, 6.45) is 4.25. The highest BCUT2D eigenvalue weighted by molar-refractivity contribution is 9.10. The van der Waals surface area contributed by atoms with Crippen LogP contribution in [0.5, 0.6) is 0 Å². The molecule has 2 aromatic heterocycles. The van der Waals surface area contributed by atoms with Crippen molar-refractivity contribution in [3.8, 4) is 0 Å². The number of aliphatic hydroxyl groups excluding tert-OH is 1. The number of nitrogens with zero attached hydrogens (tertiary/aromatic N) is 3. The van der Waals surface area contributed by atoms with Gasteiger partial charge in [0.1, 0.15) is 17.8 Å². The Morgan fingerprint density at radius 1 is 1.27 bits per heavy atom. The third-order valence-corrected chi connectivity index (χ3v) is 6.23. The van der Waals surface area contributed by atoms with Gasteiger partial charge in [0.05, 0.1) is 17.0 Å². The zero-order valence-electron chi connectivity index (χ0n) is 16.5. The number of hydrogen-bond donors (Lipinski definition) is 4. The minimum absolute atomic E-state index is 0.167. The molecule has 4 rings (SSSR count). The Balaban J connectivity index is 1.30. The fourth-order valence-corrected chi connectivity index (χ4v) is 4.07. The van der Waals surface area contributed by atoms with Crippen molar-refractivity contribution < 1.29 is 9.90 Å². The molecule has 0 aliphatic carbocycles. The van der Waals surface area contributed by atoms with Gasteiger partial charge in [0.25, 0.3) is 0 Å². The molecule has 0 saturated carbocycles. The van der Waals surface area contributed by atoms with Gasteiger partial charge in [0.15, 0.2) is 0 Å². The minimum atomic E-state index is -0.913. The summed E-state index contributed by atoms with van der Waals surface area (Å²) in [4.78, 5) is 26.6. The molecule has 30 heavy (non-hydrogen) atoms. The van der Waals surface area contributed by atoms with E-state index in [1.165, 1.54) is 0 Å². The Bertz CT molecular complexity index is 1010. The maximum Gasteiger partial charge on any atom is 0.240 e. The van der Waals surface area contributed by atoms with E-state index in [4.69, 9.17) is 5.73 Å². The van der Waals surface area contributed by atoms with Crippen LogP contribution in [0.25, 0.3) is 11.0 Å². The number of amides is 1. The molecule has 3 heterocycles. The summed E-state index contributed by atoms with van der Waals surface area (Å²) in [7, 11) is 0. The van der Waals surface area contributed by atoms with Crippen molar-refractivity contribution in [3.05, 3.63) is 52.9 Å². The molecule has 1 atom stereocenters. The third kappa shape index (κ3) is 4.33. The van der Waals surface area contributed by atoms with Gasteiger partial charge in [-0.3, -0.25) is 4.79 Å². The minimum Gasteiger partial charge on any atom is -0.388 e. The number of carbonyl (C=O) groups excluding carboxylic acids is 1. The molecule has 1 fully saturated rings. The molecular formula is C21H25BrN6O2. The number of anilines is 1. The van der Waals surface area contributed by atoms with E-state index >= 15 is 0 Å². The van der Waals surface area contributed by atoms with Crippen LogP contribution < -0.4 is 16.0 Å². The number of nitrogens with one attached hydrogen (secondary N) is 2. The summed E-state index contributed by atoms with van der Waals surface area (Å²) < 4.78 is 0.961. The molecule has 8 nitrogen and oxygen atoms in total. The van der Waals surface area contributed by atoms with E-state index in [-0.39, 0.29) is 5.91 Å². The molecule has 1 saturated heterocycles. The maximum absolute atomic E-state index is 12.7. The normalized spacial score (nSPS) is 17.1. The monoisotopic (exact) mass is 472 g/mol. The summed E-state index contributed by atoms with van der Waals surface area (Å²) in [6, 6.07) is 9.46. The number of hydrogen-bond acceptors (Lipinski definition) is 6. The third-order valence-electron chi connectivity index (χ3n) is 5.70. The van der Waals surface area contributed by atoms with Crippen LogP contribution in [-0.2, 0) is 4.79 Å². The van der Waals surface area contributed by atoms with Crippen molar-refractivity contribution in [2.75, 3.05) is 24.5 Å². The molecular weight excluding hydrogens is 448 g/mol. The Morgan fingerprint density at radius 3 is 2.73 bits per heavy atom. The second kappa shape index (κ2) is 8.71. The van der Waals surface area contributed by atoms with Crippen molar-refractivity contribution in [2.45, 2.75) is 30.9 Å². The molecule has 1 unspecified atom stereocenters. The Labute approximate surface area is 183 Å². The van der Waals surface area contributed by atoms with E-state index in [0.29, 0.717) is 38.9 Å². The van der Waals surface area contributed by atoms with Crippen LogP contribution in [0.1, 0.15) is 30.9 Å². The lowest BCUT2D eigenvalue weighted by Crippen LogP contribution is -2.59. The van der Waals surface area contributed by atoms with Gasteiger partial charge in [-0.25, -0.2) is 9.97 Å². The molecule has 9 heteroatoms. The van der Waals surface area contributed by atoms with Crippen molar-refractivity contribution in [1.82, 2.24) is 20.3 Å². The van der Waals surface area contributed by atoms with Crippen LogP contribution in [-0.4, -0.2) is 51.1 Å². The van der Waals surface area contributed by atoms with Gasteiger partial charge in [-0.1, -0.05) is 28.1 Å². The Hall–Kier alpha value is -2.49. The molecule has 1 aromatic carbocycles. The highest BCUT2D eigenvalue weighted by Gasteiger charge is 2.38. The SMILES string of the molecule is NC1(C(=O)NCCC(O)c2ccc(Br)cc2)CCN(c2ncnc3[nH]ccc23)CC1. The van der Waals surface area contributed by atoms with Crippen molar-refractivity contribution in [2.24, 2.45) is 5.73 Å². The number of piperidine rings is 1. The van der Waals surface area contributed by atoms with Crippen LogP contribution in [0.2, 0.25) is 0 Å². The Morgan fingerprint density at radius 2 is 2.00 bits per heavy atom. The van der Waals surface area contributed by atoms with Gasteiger partial charge in [-0.2, -0.15) is 0 Å². The summed E-state index contributed by atoms with van der Waals surface area (Å²) >= 11 is 3.38. The molecule has 0 radical (unpaired) electrons. The number of halogens is 1. The van der Waals surface area contributed by atoms with Gasteiger partial charge in [0, 0.05) is 30.3 Å². The lowest BCUT2D eigenvalue weighted by Gasteiger charge is -2.38. The number of fused-ring (bicyclic) bond motifs is 1. The van der Waals surface area contributed by atoms with Crippen molar-refractivity contribution in [1.29, 1.82) is 0 Å². The molecule has 158 valence electrons. The van der Waals surface area contributed by atoms with Crippen LogP contribution in [0.4, 0.5) is 5.82 Å². The molecule has 1 aliphatic heterocycles. The summed E-state index contributed by atoms with van der Waals surface area (Å²) in [5.74, 6) is 0.695. The lowest BCUT2D eigenvalue weighted by atomic mass is 9.87. The first kappa shape index (κ1) is 20.8. The number of H-pyrrole nitrogens is 1. The average Bonchev–Trinajstić information content (AvgIpc) is 3.24. The number of nitrogens with two attached hydrogens (primary N) is 1. The van der Waals surface area contributed by atoms with Crippen LogP contribution in [0.15, 0.2) is 47.3 Å². The van der Waals surface area contributed by atoms with Gasteiger partial charge in [-0.15, -0.1) is 0 Å². The molecule has 0 bridgehead atoms. The quantitative estimate of drug-likeness (QED) is 0.436. The summed E-state index contributed by atoms with van der Waals surface area (Å²) in [6.45, 7) is 1.65. The highest BCUT2D eigenvalue weighted by atomic mass is 79.9. The van der Waals surface area contributed by atoms with Crippen molar-refractivity contribution >= 4 is 38.7 Å². The molecule has 5 N–H and O–H groups in total. The molecule has 0 spiro atoms. The van der Waals surface area contributed by atoms with E-state index in [2.05, 4.69) is 41.1 Å². The van der Waals surface area contributed by atoms with Crippen molar-refractivity contribution in [3.63, 3.8) is 0 Å². The van der Waals surface area contributed by atoms with E-state index in [0.717, 1.165) is 26.9 Å². The largest absolute Gasteiger partial charge is 0.388 e. The zero-order chi connectivity index (χ0) is 21.1. The number of carbonyl (C=O) groups is 1. The standard InChI is InChI=1S/C21H25BrN6O2/c22-15-3-1-14(2-4-15)17(29)6-10-25-20(30)21(23)7-11-28(12-8-21)19-16-5-9-24-18(16)26-13-27-19/h1-5,9,13,17,29H,6-8,10-12,23H2,(H,25,30)(H,24,26,27). The fourth-order valence-electron chi connectivity index (χ4n) is 3.81. The number of benzene rings is 1. The van der Waals surface area contributed by atoms with Gasteiger partial charge >= 0.3 is 0 Å². The summed E-state index contributed by atoms with van der Waals surface area (Å²) in [5, 5.41) is 14.2. The molecule has 1 amide bonds. The lowest BCUT2D eigenvalue weighted by molar-refractivity contribution is -0.127. The molecule has 3 aromatic rings. The van der Waals surface area contributed by atoms with Gasteiger partial charge in [-0.05, 0) is 43.0 Å². The van der Waals surface area contributed by atoms with Gasteiger partial charge < -0.3 is 26.0 Å².